The van der Waals surface area contributed by atoms with Gasteiger partial charge < -0.3 is 9.64 Å². The molecule has 0 spiro atoms. The highest BCUT2D eigenvalue weighted by Crippen LogP contribution is 2.36. The first-order valence-corrected chi connectivity index (χ1v) is 13.0. The molecule has 13 heteroatoms. The second-order valence-electron chi connectivity index (χ2n) is 7.88. The quantitative estimate of drug-likeness (QED) is 0.404. The van der Waals surface area contributed by atoms with Crippen molar-refractivity contribution in [2.24, 2.45) is 0 Å². The molecule has 0 radical (unpaired) electrons. The van der Waals surface area contributed by atoms with Crippen LogP contribution in [0.3, 0.4) is 0 Å². The number of hydrogen-bond acceptors (Lipinski definition) is 9. The number of rotatable bonds is 6. The monoisotopic (exact) mass is 518 g/mol. The maximum atomic E-state index is 14.2. The molecule has 9 nitrogen and oxygen atoms in total. The van der Waals surface area contributed by atoms with Crippen molar-refractivity contribution in [1.82, 2.24) is 19.9 Å². The molecule has 182 valence electrons. The van der Waals surface area contributed by atoms with E-state index in [9.17, 15) is 17.2 Å². The fourth-order valence-corrected chi connectivity index (χ4v) is 5.89. The minimum Gasteiger partial charge on any atom is -0.480 e. The molecule has 5 rings (SSSR count). The maximum absolute atomic E-state index is 14.2. The van der Waals surface area contributed by atoms with E-state index in [1.807, 2.05) is 0 Å². The van der Waals surface area contributed by atoms with Crippen molar-refractivity contribution in [1.29, 1.82) is 0 Å². The summed E-state index contributed by atoms with van der Waals surface area (Å²) >= 11 is 1.32. The van der Waals surface area contributed by atoms with Gasteiger partial charge in [0.05, 0.1) is 7.11 Å². The summed E-state index contributed by atoms with van der Waals surface area (Å²) in [4.78, 5) is 19.9. The average Bonchev–Trinajstić information content (AvgIpc) is 3.28. The third-order valence-electron chi connectivity index (χ3n) is 5.55. The molecule has 1 aliphatic heterocycles. The zero-order valence-corrected chi connectivity index (χ0v) is 20.2. The number of anilines is 2. The van der Waals surface area contributed by atoms with E-state index in [2.05, 4.69) is 24.6 Å². The highest BCUT2D eigenvalue weighted by atomic mass is 32.2. The summed E-state index contributed by atoms with van der Waals surface area (Å²) < 4.78 is 60.5. The largest absolute Gasteiger partial charge is 0.480 e. The third-order valence-corrected chi connectivity index (χ3v) is 7.96. The lowest BCUT2D eigenvalue weighted by Gasteiger charge is -2.27. The molecule has 0 bridgehead atoms. The summed E-state index contributed by atoms with van der Waals surface area (Å²) in [5.74, 6) is -1.35. The number of ether oxygens (including phenoxy) is 1. The van der Waals surface area contributed by atoms with Crippen molar-refractivity contribution in [3.63, 3.8) is 0 Å². The van der Waals surface area contributed by atoms with E-state index in [0.717, 1.165) is 43.9 Å². The second-order valence-corrected chi connectivity index (χ2v) is 10.5. The van der Waals surface area contributed by atoms with Crippen molar-refractivity contribution in [3.05, 3.63) is 48.4 Å². The van der Waals surface area contributed by atoms with E-state index in [4.69, 9.17) is 9.72 Å². The number of hydrogen-bond donors (Lipinski definition) is 1. The lowest BCUT2D eigenvalue weighted by Crippen LogP contribution is -2.30. The number of sulfonamides is 1. The molecule has 1 aromatic carbocycles. The van der Waals surface area contributed by atoms with Crippen LogP contribution in [0.1, 0.15) is 19.3 Å². The van der Waals surface area contributed by atoms with Gasteiger partial charge in [0.25, 0.3) is 10.0 Å². The first-order chi connectivity index (χ1) is 16.9. The van der Waals surface area contributed by atoms with Crippen LogP contribution in [0.5, 0.6) is 5.88 Å². The number of piperidine rings is 1. The molecule has 0 unspecified atom stereocenters. The molecule has 1 N–H and O–H groups in total. The van der Waals surface area contributed by atoms with Crippen LogP contribution in [-0.2, 0) is 10.0 Å². The Kier molecular flexibility index (Phi) is 6.19. The van der Waals surface area contributed by atoms with Gasteiger partial charge in [-0.15, -0.1) is 0 Å². The Morgan fingerprint density at radius 2 is 1.89 bits per heavy atom. The second kappa shape index (κ2) is 9.30. The van der Waals surface area contributed by atoms with Crippen molar-refractivity contribution < 1.29 is 21.9 Å². The van der Waals surface area contributed by atoms with Crippen LogP contribution in [0.15, 0.2) is 41.7 Å². The number of benzene rings is 1. The lowest BCUT2D eigenvalue weighted by atomic mass is 10.1. The summed E-state index contributed by atoms with van der Waals surface area (Å²) in [6.07, 6.45) is 6.37. The zero-order valence-electron chi connectivity index (χ0n) is 18.5. The Morgan fingerprint density at radius 3 is 2.63 bits per heavy atom. The van der Waals surface area contributed by atoms with E-state index < -0.39 is 26.6 Å². The summed E-state index contributed by atoms with van der Waals surface area (Å²) in [6, 6.07) is 3.72. The Bertz CT molecular complexity index is 1510. The number of pyridine rings is 1. The van der Waals surface area contributed by atoms with Crippen LogP contribution in [0.2, 0.25) is 0 Å². The maximum Gasteiger partial charge on any atom is 0.264 e. The molecule has 1 aliphatic rings. The summed E-state index contributed by atoms with van der Waals surface area (Å²) in [5, 5.41) is 0.558. The van der Waals surface area contributed by atoms with Crippen molar-refractivity contribution in [2.45, 2.75) is 24.2 Å². The van der Waals surface area contributed by atoms with Crippen molar-refractivity contribution in [2.75, 3.05) is 29.8 Å². The van der Waals surface area contributed by atoms with Crippen LogP contribution in [0, 0.1) is 11.6 Å². The van der Waals surface area contributed by atoms with Gasteiger partial charge in [-0.05, 0) is 37.5 Å². The molecule has 0 aliphatic carbocycles. The molecular formula is C22H20F2N6O3S2. The van der Waals surface area contributed by atoms with E-state index in [0.29, 0.717) is 27.0 Å². The zero-order chi connectivity index (χ0) is 24.6. The van der Waals surface area contributed by atoms with Crippen LogP contribution >= 0.6 is 11.3 Å². The molecule has 0 atom stereocenters. The molecule has 3 aromatic heterocycles. The molecular weight excluding hydrogens is 498 g/mol. The summed E-state index contributed by atoms with van der Waals surface area (Å²) in [5.41, 5.74) is 1.16. The molecule has 35 heavy (non-hydrogen) atoms. The molecule has 1 fully saturated rings. The highest BCUT2D eigenvalue weighted by molar-refractivity contribution is 7.92. The van der Waals surface area contributed by atoms with Gasteiger partial charge in [-0.1, -0.05) is 11.3 Å². The predicted octanol–water partition coefficient (Wildman–Crippen LogP) is 4.23. The van der Waals surface area contributed by atoms with E-state index in [1.54, 1.807) is 0 Å². The van der Waals surface area contributed by atoms with Gasteiger partial charge in [-0.25, -0.2) is 37.1 Å². The Morgan fingerprint density at radius 1 is 1.09 bits per heavy atom. The SMILES string of the molecule is COc1ncc(-c2nc3c(N4CCCCC4)ncnc3s2)cc1NS(=O)(=O)c1ccc(F)cc1F. The van der Waals surface area contributed by atoms with E-state index >= 15 is 0 Å². The molecule has 4 heterocycles. The van der Waals surface area contributed by atoms with E-state index in [-0.39, 0.29) is 11.6 Å². The van der Waals surface area contributed by atoms with Gasteiger partial charge in [0.15, 0.2) is 5.82 Å². The normalized spacial score (nSPS) is 14.3. The number of halogens is 2. The standard InChI is InChI=1S/C22H20F2N6O3S2/c1-33-20-16(29-35(31,32)17-6-5-14(23)10-15(17)24)9-13(11-25-20)21-28-18-19(26-12-27-22(18)34-21)30-7-3-2-4-8-30/h5-6,9-12,29H,2-4,7-8H2,1H3. The van der Waals surface area contributed by atoms with Crippen LogP contribution < -0.4 is 14.4 Å². The van der Waals surface area contributed by atoms with Gasteiger partial charge >= 0.3 is 0 Å². The summed E-state index contributed by atoms with van der Waals surface area (Å²) in [6.45, 7) is 1.80. The molecule has 4 aromatic rings. The van der Waals surface area contributed by atoms with Crippen molar-refractivity contribution in [3.8, 4) is 16.5 Å². The number of aromatic nitrogens is 4. The van der Waals surface area contributed by atoms with Crippen LogP contribution in [-0.4, -0.2) is 48.6 Å². The average molecular weight is 519 g/mol. The fraction of sp³-hybridized carbons (Fsp3) is 0.273. The smallest absolute Gasteiger partial charge is 0.264 e. The van der Waals surface area contributed by atoms with E-state index in [1.165, 1.54) is 43.5 Å². The number of fused-ring (bicyclic) bond motifs is 1. The summed E-state index contributed by atoms with van der Waals surface area (Å²) in [7, 11) is -3.07. The first-order valence-electron chi connectivity index (χ1n) is 10.7. The molecule has 0 amide bonds. The third kappa shape index (κ3) is 4.60. The number of nitrogens with one attached hydrogen (secondary N) is 1. The topological polar surface area (TPSA) is 110 Å². The number of nitrogens with zero attached hydrogens (tertiary/aromatic N) is 5. The highest BCUT2D eigenvalue weighted by Gasteiger charge is 2.23. The van der Waals surface area contributed by atoms with Crippen LogP contribution in [0.4, 0.5) is 20.3 Å². The Labute approximate surface area is 203 Å². The first kappa shape index (κ1) is 23.3. The number of methoxy groups -OCH3 is 1. The predicted molar refractivity (Wildman–Crippen MR) is 128 cm³/mol. The Hall–Kier alpha value is -3.45. The number of thiazole rings is 1. The minimum atomic E-state index is -4.40. The van der Waals surface area contributed by atoms with Gasteiger partial charge in [0.1, 0.15) is 43.9 Å². The van der Waals surface area contributed by atoms with Gasteiger partial charge in [-0.3, -0.25) is 4.72 Å². The fourth-order valence-electron chi connectivity index (χ4n) is 3.90. The minimum absolute atomic E-state index is 0.0182. The van der Waals surface area contributed by atoms with Gasteiger partial charge in [0.2, 0.25) is 5.88 Å². The van der Waals surface area contributed by atoms with Crippen molar-refractivity contribution >= 4 is 43.2 Å². The molecule has 0 saturated carbocycles. The molecule has 1 saturated heterocycles. The van der Waals surface area contributed by atoms with Crippen LogP contribution in [0.25, 0.3) is 20.9 Å². The van der Waals surface area contributed by atoms with Gasteiger partial charge in [-0.2, -0.15) is 0 Å². The Balaban J connectivity index is 1.52. The van der Waals surface area contributed by atoms with Gasteiger partial charge in [0, 0.05) is 30.9 Å². The lowest BCUT2D eigenvalue weighted by molar-refractivity contribution is 0.400.